The Morgan fingerprint density at radius 3 is 0.914 bits per heavy atom. The molecule has 0 saturated heterocycles. The zero-order chi connectivity index (χ0) is 50.7. The van der Waals surface area contributed by atoms with Crippen molar-refractivity contribution in [3.8, 4) is 0 Å². The van der Waals surface area contributed by atoms with Crippen molar-refractivity contribution < 1.29 is 28.6 Å². The third-order valence-electron chi connectivity index (χ3n) is 12.6. The van der Waals surface area contributed by atoms with E-state index in [2.05, 4.69) is 106 Å². The minimum atomic E-state index is -0.791. The highest BCUT2D eigenvalue weighted by atomic mass is 16.6. The van der Waals surface area contributed by atoms with Crippen LogP contribution in [-0.4, -0.2) is 37.2 Å². The third-order valence-corrected chi connectivity index (χ3v) is 12.6. The second-order valence-electron chi connectivity index (χ2n) is 19.5. The lowest BCUT2D eigenvalue weighted by Crippen LogP contribution is -2.30. The van der Waals surface area contributed by atoms with E-state index in [1.165, 1.54) is 128 Å². The molecule has 1 unspecified atom stereocenters. The van der Waals surface area contributed by atoms with Gasteiger partial charge in [0.25, 0.3) is 0 Å². The van der Waals surface area contributed by atoms with E-state index in [1.54, 1.807) is 0 Å². The monoisotopic (exact) mass is 975 g/mol. The predicted molar refractivity (Wildman–Crippen MR) is 302 cm³/mol. The fourth-order valence-corrected chi connectivity index (χ4v) is 8.15. The van der Waals surface area contributed by atoms with Gasteiger partial charge >= 0.3 is 17.9 Å². The summed E-state index contributed by atoms with van der Waals surface area (Å²) in [6, 6.07) is 0. The van der Waals surface area contributed by atoms with Crippen LogP contribution in [0.3, 0.4) is 0 Å². The Kier molecular flexibility index (Phi) is 55.3. The normalized spacial score (nSPS) is 12.7. The molecule has 0 bridgehead atoms. The van der Waals surface area contributed by atoms with Gasteiger partial charge in [-0.05, 0) is 109 Å². The summed E-state index contributed by atoms with van der Waals surface area (Å²) in [4.78, 5) is 38.2. The average Bonchev–Trinajstić information content (AvgIpc) is 3.36. The number of ether oxygens (including phenoxy) is 3. The molecule has 0 aliphatic carbocycles. The number of allylic oxidation sites excluding steroid dienone is 14. The fraction of sp³-hybridized carbons (Fsp3) is 0.734. The quantitative estimate of drug-likeness (QED) is 0.0261. The van der Waals surface area contributed by atoms with Gasteiger partial charge in [0, 0.05) is 19.3 Å². The Bertz CT molecular complexity index is 1350. The van der Waals surface area contributed by atoms with Crippen LogP contribution in [0.5, 0.6) is 0 Å². The van der Waals surface area contributed by atoms with Crippen molar-refractivity contribution >= 4 is 17.9 Å². The van der Waals surface area contributed by atoms with Gasteiger partial charge in [0.15, 0.2) is 6.10 Å². The Labute approximate surface area is 433 Å². The SMILES string of the molecule is CC/C=C\C/C=C\C/C=C\CCCCCCCCCC(=O)OC(COC(=O)CCCCCCC/C=C\C/C=C\CCCC)COC(=O)CCCCCCCCCCC/C=C\C/C=C\CCCCCCC. The summed E-state index contributed by atoms with van der Waals surface area (Å²) in [6.07, 6.45) is 75.7. The molecule has 0 fully saturated rings. The van der Waals surface area contributed by atoms with Crippen LogP contribution in [0, 0.1) is 0 Å². The first-order valence-corrected chi connectivity index (χ1v) is 29.6. The van der Waals surface area contributed by atoms with Gasteiger partial charge in [0.1, 0.15) is 13.2 Å². The molecule has 1 atom stereocenters. The van der Waals surface area contributed by atoms with Crippen molar-refractivity contribution in [2.45, 2.75) is 290 Å². The van der Waals surface area contributed by atoms with Crippen LogP contribution in [0.1, 0.15) is 284 Å². The molecule has 402 valence electrons. The zero-order valence-corrected chi connectivity index (χ0v) is 46.0. The van der Waals surface area contributed by atoms with Crippen LogP contribution in [-0.2, 0) is 28.6 Å². The van der Waals surface area contributed by atoms with Crippen molar-refractivity contribution in [2.75, 3.05) is 13.2 Å². The highest BCUT2D eigenvalue weighted by molar-refractivity contribution is 5.71. The van der Waals surface area contributed by atoms with E-state index in [9.17, 15) is 14.4 Å². The maximum atomic E-state index is 12.9. The van der Waals surface area contributed by atoms with Crippen LogP contribution in [0.25, 0.3) is 0 Å². The molecular weight excluding hydrogens is 865 g/mol. The number of hydrogen-bond donors (Lipinski definition) is 0. The van der Waals surface area contributed by atoms with Crippen molar-refractivity contribution in [2.24, 2.45) is 0 Å². The Morgan fingerprint density at radius 2 is 0.571 bits per heavy atom. The van der Waals surface area contributed by atoms with E-state index < -0.39 is 6.10 Å². The van der Waals surface area contributed by atoms with Gasteiger partial charge < -0.3 is 14.2 Å². The van der Waals surface area contributed by atoms with E-state index >= 15 is 0 Å². The zero-order valence-electron chi connectivity index (χ0n) is 46.0. The third kappa shape index (κ3) is 55.5. The number of unbranched alkanes of at least 4 members (excludes halogenated alkanes) is 28. The molecule has 0 aromatic carbocycles. The minimum absolute atomic E-state index is 0.0872. The molecule has 6 heteroatoms. The van der Waals surface area contributed by atoms with E-state index in [-0.39, 0.29) is 31.1 Å². The molecule has 0 spiro atoms. The molecule has 0 aliphatic rings. The first-order valence-electron chi connectivity index (χ1n) is 29.6. The Balaban J connectivity index is 4.39. The number of carbonyl (C=O) groups excluding carboxylic acids is 3. The predicted octanol–water partition coefficient (Wildman–Crippen LogP) is 19.9. The van der Waals surface area contributed by atoms with Crippen LogP contribution in [0.15, 0.2) is 85.1 Å². The van der Waals surface area contributed by atoms with Crippen molar-refractivity contribution in [3.05, 3.63) is 85.1 Å². The van der Waals surface area contributed by atoms with Gasteiger partial charge in [0.05, 0.1) is 0 Å². The molecule has 0 aromatic rings. The molecule has 6 nitrogen and oxygen atoms in total. The van der Waals surface area contributed by atoms with Gasteiger partial charge in [-0.15, -0.1) is 0 Å². The summed E-state index contributed by atoms with van der Waals surface area (Å²) < 4.78 is 16.9. The lowest BCUT2D eigenvalue weighted by Gasteiger charge is -2.18. The second-order valence-corrected chi connectivity index (χ2v) is 19.5. The number of hydrogen-bond acceptors (Lipinski definition) is 6. The lowest BCUT2D eigenvalue weighted by molar-refractivity contribution is -0.167. The Hall–Kier alpha value is -3.41. The highest BCUT2D eigenvalue weighted by Gasteiger charge is 2.19. The average molecular weight is 976 g/mol. The van der Waals surface area contributed by atoms with Crippen LogP contribution < -0.4 is 0 Å². The molecular formula is C64H110O6. The van der Waals surface area contributed by atoms with E-state index in [1.807, 2.05) is 0 Å². The van der Waals surface area contributed by atoms with Gasteiger partial charge in [-0.25, -0.2) is 0 Å². The van der Waals surface area contributed by atoms with Gasteiger partial charge in [-0.3, -0.25) is 14.4 Å². The first kappa shape index (κ1) is 66.6. The molecule has 0 radical (unpaired) electrons. The summed E-state index contributed by atoms with van der Waals surface area (Å²) in [5.41, 5.74) is 0. The van der Waals surface area contributed by atoms with Crippen molar-refractivity contribution in [3.63, 3.8) is 0 Å². The fourth-order valence-electron chi connectivity index (χ4n) is 8.15. The second kappa shape index (κ2) is 58.2. The van der Waals surface area contributed by atoms with Gasteiger partial charge in [0.2, 0.25) is 0 Å². The number of rotatable bonds is 53. The van der Waals surface area contributed by atoms with Crippen molar-refractivity contribution in [1.29, 1.82) is 0 Å². The largest absolute Gasteiger partial charge is 0.462 e. The Morgan fingerprint density at radius 1 is 0.300 bits per heavy atom. The van der Waals surface area contributed by atoms with Crippen LogP contribution in [0.2, 0.25) is 0 Å². The van der Waals surface area contributed by atoms with E-state index in [0.29, 0.717) is 19.3 Å². The first-order chi connectivity index (χ1) is 34.5. The maximum Gasteiger partial charge on any atom is 0.306 e. The summed E-state index contributed by atoms with van der Waals surface area (Å²) >= 11 is 0. The molecule has 0 rings (SSSR count). The summed E-state index contributed by atoms with van der Waals surface area (Å²) in [6.45, 7) is 6.47. The number of esters is 3. The molecule has 0 aliphatic heterocycles. The smallest absolute Gasteiger partial charge is 0.306 e. The van der Waals surface area contributed by atoms with Crippen molar-refractivity contribution in [1.82, 2.24) is 0 Å². The summed E-state index contributed by atoms with van der Waals surface area (Å²) in [5.74, 6) is -0.909. The van der Waals surface area contributed by atoms with Gasteiger partial charge in [-0.2, -0.15) is 0 Å². The molecule has 0 heterocycles. The van der Waals surface area contributed by atoms with Gasteiger partial charge in [-0.1, -0.05) is 241 Å². The summed E-state index contributed by atoms with van der Waals surface area (Å²) in [5, 5.41) is 0. The molecule has 0 amide bonds. The van der Waals surface area contributed by atoms with Crippen LogP contribution >= 0.6 is 0 Å². The lowest BCUT2D eigenvalue weighted by atomic mass is 10.1. The molecule has 70 heavy (non-hydrogen) atoms. The maximum absolute atomic E-state index is 12.9. The summed E-state index contributed by atoms with van der Waals surface area (Å²) in [7, 11) is 0. The topological polar surface area (TPSA) is 78.9 Å². The molecule has 0 saturated carbocycles. The standard InChI is InChI=1S/C64H110O6/c1-4-7-10-13-16-19-22-25-28-30-31-32-33-35-36-39-42-45-48-51-54-57-63(66)69-60-61(59-68-62(65)56-53-50-47-44-41-38-27-24-21-18-15-12-9-6-3)70-64(67)58-55-52-49-46-43-40-37-34-29-26-23-20-17-14-11-8-5-2/h8,11,15,17-18,20,22,24-27,29-31,61H,4-7,9-10,12-14,16,19,21,23,28,32-60H2,1-3H3/b11-8-,18-15-,20-17-,25-22-,27-24-,29-26-,31-30-. The minimum Gasteiger partial charge on any atom is -0.462 e. The number of carbonyl (C=O) groups is 3. The molecule has 0 N–H and O–H groups in total. The molecule has 0 aromatic heterocycles. The van der Waals surface area contributed by atoms with E-state index in [0.717, 1.165) is 116 Å². The highest BCUT2D eigenvalue weighted by Crippen LogP contribution is 2.15. The van der Waals surface area contributed by atoms with Crippen LogP contribution in [0.4, 0.5) is 0 Å². The van der Waals surface area contributed by atoms with E-state index in [4.69, 9.17) is 14.2 Å².